The van der Waals surface area contributed by atoms with Crippen molar-refractivity contribution in [2.75, 3.05) is 60.1 Å². The molecule has 0 saturated carbocycles. The third kappa shape index (κ3) is 7.74. The van der Waals surface area contributed by atoms with E-state index in [2.05, 4.69) is 10.2 Å². The Labute approximate surface area is 179 Å². The molecule has 1 N–H and O–H groups in total. The minimum Gasteiger partial charge on any atom is -0.493 e. The Hall–Kier alpha value is -2.48. The fraction of sp³-hybridized carbons (Fsp3) is 0.636. The standard InChI is InChI=1S/C22H35N3O5/c1-17(2)16-30-22(27)25-11-5-10-24(12-13-25)15-21(26)23-9-8-18-6-7-19(28-3)20(14-18)29-4/h6-7,14,17H,5,8-13,15-16H2,1-4H3,(H,23,26). The molecular weight excluding hydrogens is 386 g/mol. The molecule has 0 spiro atoms. The second kappa shape index (κ2) is 12.3. The highest BCUT2D eigenvalue weighted by molar-refractivity contribution is 5.78. The summed E-state index contributed by atoms with van der Waals surface area (Å²) in [6.45, 7) is 8.04. The monoisotopic (exact) mass is 421 g/mol. The molecule has 0 unspecified atom stereocenters. The van der Waals surface area contributed by atoms with Gasteiger partial charge in [0.1, 0.15) is 0 Å². The van der Waals surface area contributed by atoms with Crippen LogP contribution in [0, 0.1) is 5.92 Å². The van der Waals surface area contributed by atoms with Crippen molar-refractivity contribution in [2.24, 2.45) is 5.92 Å². The number of methoxy groups -OCH3 is 2. The van der Waals surface area contributed by atoms with Gasteiger partial charge < -0.3 is 24.4 Å². The molecule has 0 aromatic heterocycles. The first-order valence-corrected chi connectivity index (χ1v) is 10.5. The van der Waals surface area contributed by atoms with Crippen molar-refractivity contribution >= 4 is 12.0 Å². The van der Waals surface area contributed by atoms with Crippen molar-refractivity contribution in [2.45, 2.75) is 26.7 Å². The number of hydrogen-bond donors (Lipinski definition) is 1. The number of nitrogens with one attached hydrogen (secondary N) is 1. The second-order valence-corrected chi connectivity index (χ2v) is 7.88. The summed E-state index contributed by atoms with van der Waals surface area (Å²) in [4.78, 5) is 28.3. The Morgan fingerprint density at radius 2 is 1.83 bits per heavy atom. The zero-order chi connectivity index (χ0) is 21.9. The molecule has 30 heavy (non-hydrogen) atoms. The van der Waals surface area contributed by atoms with Gasteiger partial charge in [0.2, 0.25) is 5.91 Å². The van der Waals surface area contributed by atoms with Gasteiger partial charge in [-0.3, -0.25) is 9.69 Å². The molecule has 1 aliphatic heterocycles. The molecular formula is C22H35N3O5. The number of hydrogen-bond acceptors (Lipinski definition) is 6. The number of carbonyl (C=O) groups is 2. The Bertz CT molecular complexity index is 695. The molecule has 1 fully saturated rings. The summed E-state index contributed by atoms with van der Waals surface area (Å²) in [6, 6.07) is 5.76. The summed E-state index contributed by atoms with van der Waals surface area (Å²) in [5.41, 5.74) is 1.07. The molecule has 8 heteroatoms. The minimum absolute atomic E-state index is 0.00805. The fourth-order valence-corrected chi connectivity index (χ4v) is 3.28. The maximum atomic E-state index is 12.3. The van der Waals surface area contributed by atoms with E-state index in [1.54, 1.807) is 19.1 Å². The summed E-state index contributed by atoms with van der Waals surface area (Å²) in [5.74, 6) is 1.68. The van der Waals surface area contributed by atoms with Crippen LogP contribution in [-0.2, 0) is 16.0 Å². The molecule has 168 valence electrons. The Balaban J connectivity index is 1.71. The van der Waals surface area contributed by atoms with Crippen molar-refractivity contribution in [1.82, 2.24) is 15.1 Å². The second-order valence-electron chi connectivity index (χ2n) is 7.88. The SMILES string of the molecule is COc1ccc(CCNC(=O)CN2CCCN(C(=O)OCC(C)C)CC2)cc1OC. The van der Waals surface area contributed by atoms with E-state index < -0.39 is 0 Å². The highest BCUT2D eigenvalue weighted by Crippen LogP contribution is 2.27. The smallest absolute Gasteiger partial charge is 0.409 e. The van der Waals surface area contributed by atoms with E-state index in [-0.39, 0.29) is 12.0 Å². The van der Waals surface area contributed by atoms with Crippen molar-refractivity contribution in [1.29, 1.82) is 0 Å². The number of rotatable bonds is 9. The highest BCUT2D eigenvalue weighted by atomic mass is 16.6. The normalized spacial score (nSPS) is 14.9. The molecule has 0 bridgehead atoms. The van der Waals surface area contributed by atoms with Gasteiger partial charge in [0, 0.05) is 32.7 Å². The minimum atomic E-state index is -0.259. The lowest BCUT2D eigenvalue weighted by Crippen LogP contribution is -2.40. The van der Waals surface area contributed by atoms with E-state index in [1.807, 2.05) is 32.0 Å². The van der Waals surface area contributed by atoms with Crippen LogP contribution < -0.4 is 14.8 Å². The van der Waals surface area contributed by atoms with Crippen LogP contribution in [0.15, 0.2) is 18.2 Å². The average Bonchev–Trinajstić information content (AvgIpc) is 2.97. The predicted octanol–water partition coefficient (Wildman–Crippen LogP) is 2.16. The highest BCUT2D eigenvalue weighted by Gasteiger charge is 2.21. The average molecular weight is 422 g/mol. The molecule has 1 saturated heterocycles. The summed E-state index contributed by atoms with van der Waals surface area (Å²) in [5, 5.41) is 2.97. The van der Waals surface area contributed by atoms with Gasteiger partial charge in [-0.25, -0.2) is 4.79 Å². The van der Waals surface area contributed by atoms with Crippen LogP contribution in [0.4, 0.5) is 4.79 Å². The van der Waals surface area contributed by atoms with Gasteiger partial charge in [-0.05, 0) is 36.5 Å². The van der Waals surface area contributed by atoms with Crippen LogP contribution in [0.5, 0.6) is 11.5 Å². The molecule has 8 nitrogen and oxygen atoms in total. The number of amides is 2. The zero-order valence-electron chi connectivity index (χ0n) is 18.6. The molecule has 0 radical (unpaired) electrons. The molecule has 1 aromatic carbocycles. The van der Waals surface area contributed by atoms with Crippen molar-refractivity contribution in [3.8, 4) is 11.5 Å². The lowest BCUT2D eigenvalue weighted by molar-refractivity contribution is -0.122. The van der Waals surface area contributed by atoms with Gasteiger partial charge in [-0.15, -0.1) is 0 Å². The largest absolute Gasteiger partial charge is 0.493 e. The first kappa shape index (κ1) is 23.8. The quantitative estimate of drug-likeness (QED) is 0.658. The van der Waals surface area contributed by atoms with E-state index in [9.17, 15) is 9.59 Å². The topological polar surface area (TPSA) is 80.3 Å². The van der Waals surface area contributed by atoms with E-state index in [0.29, 0.717) is 63.2 Å². The molecule has 2 amide bonds. The van der Waals surface area contributed by atoms with Gasteiger partial charge in [-0.2, -0.15) is 0 Å². The maximum absolute atomic E-state index is 12.3. The Morgan fingerprint density at radius 1 is 1.07 bits per heavy atom. The van der Waals surface area contributed by atoms with E-state index in [1.165, 1.54) is 0 Å². The number of carbonyl (C=O) groups excluding carboxylic acids is 2. The summed E-state index contributed by atoms with van der Waals surface area (Å²) >= 11 is 0. The lowest BCUT2D eigenvalue weighted by Gasteiger charge is -2.21. The van der Waals surface area contributed by atoms with Crippen LogP contribution in [0.2, 0.25) is 0 Å². The zero-order valence-corrected chi connectivity index (χ0v) is 18.6. The first-order valence-electron chi connectivity index (χ1n) is 10.5. The molecule has 0 aliphatic carbocycles. The molecule has 1 aliphatic rings. The summed E-state index contributed by atoms with van der Waals surface area (Å²) in [6.07, 6.45) is 1.28. The van der Waals surface area contributed by atoms with Gasteiger partial charge >= 0.3 is 6.09 Å². The molecule has 0 atom stereocenters. The predicted molar refractivity (Wildman–Crippen MR) is 115 cm³/mol. The lowest BCUT2D eigenvalue weighted by atomic mass is 10.1. The van der Waals surface area contributed by atoms with Gasteiger partial charge in [0.05, 0.1) is 27.4 Å². The third-order valence-electron chi connectivity index (χ3n) is 4.94. The van der Waals surface area contributed by atoms with Gasteiger partial charge in [-0.1, -0.05) is 19.9 Å². The van der Waals surface area contributed by atoms with E-state index in [0.717, 1.165) is 18.5 Å². The van der Waals surface area contributed by atoms with E-state index in [4.69, 9.17) is 14.2 Å². The van der Waals surface area contributed by atoms with Crippen molar-refractivity contribution < 1.29 is 23.8 Å². The van der Waals surface area contributed by atoms with Crippen molar-refractivity contribution in [3.63, 3.8) is 0 Å². The van der Waals surface area contributed by atoms with Gasteiger partial charge in [0.25, 0.3) is 0 Å². The first-order chi connectivity index (χ1) is 14.4. The molecule has 2 rings (SSSR count). The van der Waals surface area contributed by atoms with Crippen LogP contribution in [-0.4, -0.2) is 81.9 Å². The summed E-state index contributed by atoms with van der Waals surface area (Å²) < 4.78 is 15.9. The van der Waals surface area contributed by atoms with Gasteiger partial charge in [0.15, 0.2) is 11.5 Å². The van der Waals surface area contributed by atoms with Crippen LogP contribution in [0.25, 0.3) is 0 Å². The Morgan fingerprint density at radius 3 is 2.53 bits per heavy atom. The van der Waals surface area contributed by atoms with E-state index >= 15 is 0 Å². The number of nitrogens with zero attached hydrogens (tertiary/aromatic N) is 2. The van der Waals surface area contributed by atoms with Crippen LogP contribution in [0.1, 0.15) is 25.8 Å². The molecule has 1 heterocycles. The van der Waals surface area contributed by atoms with Crippen LogP contribution in [0.3, 0.4) is 0 Å². The maximum Gasteiger partial charge on any atom is 0.409 e. The number of benzene rings is 1. The van der Waals surface area contributed by atoms with Crippen LogP contribution >= 0.6 is 0 Å². The fourth-order valence-electron chi connectivity index (χ4n) is 3.28. The Kier molecular flexibility index (Phi) is 9.73. The van der Waals surface area contributed by atoms with Crippen molar-refractivity contribution in [3.05, 3.63) is 23.8 Å². The summed E-state index contributed by atoms with van der Waals surface area (Å²) in [7, 11) is 3.21. The third-order valence-corrected chi connectivity index (χ3v) is 4.94. The molecule has 1 aromatic rings. The number of ether oxygens (including phenoxy) is 3.